The van der Waals surface area contributed by atoms with Crippen molar-refractivity contribution in [1.29, 1.82) is 0 Å². The lowest BCUT2D eigenvalue weighted by atomic mass is 9.99. The number of hydrogen-bond donors (Lipinski definition) is 7. The Morgan fingerprint density at radius 3 is 1.73 bits per heavy atom. The first-order valence-electron chi connectivity index (χ1n) is 20.2. The van der Waals surface area contributed by atoms with Crippen molar-refractivity contribution in [1.82, 2.24) is 5.32 Å². The Morgan fingerprint density at radius 2 is 1.25 bits per heavy atom. The van der Waals surface area contributed by atoms with Crippen molar-refractivity contribution >= 4 is 16.3 Å². The quantitative estimate of drug-likeness (QED) is 0.0254. The second kappa shape index (κ2) is 30.1. The van der Waals surface area contributed by atoms with E-state index in [4.69, 9.17) is 14.0 Å². The van der Waals surface area contributed by atoms with Crippen LogP contribution in [0.3, 0.4) is 0 Å². The largest absolute Gasteiger partial charge is 0.397 e. The van der Waals surface area contributed by atoms with Gasteiger partial charge in [-0.2, -0.15) is 8.42 Å². The summed E-state index contributed by atoms with van der Waals surface area (Å²) < 4.78 is 47.1. The molecule has 52 heavy (non-hydrogen) atoms. The summed E-state index contributed by atoms with van der Waals surface area (Å²) in [5.74, 6) is -0.707. The van der Waals surface area contributed by atoms with Crippen molar-refractivity contribution in [3.8, 4) is 0 Å². The summed E-state index contributed by atoms with van der Waals surface area (Å²) in [6.45, 7) is 3.09. The molecule has 0 bridgehead atoms. The number of hydrogen-bond acceptors (Lipinski definition) is 11. The molecule has 1 heterocycles. The van der Waals surface area contributed by atoms with E-state index in [-0.39, 0.29) is 6.42 Å². The van der Waals surface area contributed by atoms with Gasteiger partial charge in [-0.15, -0.1) is 0 Å². The number of aliphatic hydroxyl groups is 5. The third-order valence-corrected chi connectivity index (χ3v) is 10.1. The van der Waals surface area contributed by atoms with E-state index in [9.17, 15) is 38.7 Å². The van der Waals surface area contributed by atoms with Crippen molar-refractivity contribution in [2.75, 3.05) is 13.2 Å². The van der Waals surface area contributed by atoms with Gasteiger partial charge in [0.25, 0.3) is 0 Å². The maximum absolute atomic E-state index is 13.0. The monoisotopic (exact) mass is 767 g/mol. The zero-order chi connectivity index (χ0) is 38.6. The number of carbonyl (C=O) groups is 1. The number of ether oxygens (including phenoxy) is 2. The van der Waals surface area contributed by atoms with Crippen molar-refractivity contribution in [2.24, 2.45) is 0 Å². The molecule has 7 N–H and O–H groups in total. The van der Waals surface area contributed by atoms with Gasteiger partial charge in [0.15, 0.2) is 6.29 Å². The van der Waals surface area contributed by atoms with E-state index < -0.39 is 78.5 Å². The van der Waals surface area contributed by atoms with Crippen LogP contribution < -0.4 is 5.32 Å². The number of rotatable bonds is 33. The summed E-state index contributed by atoms with van der Waals surface area (Å²) in [4.78, 5) is 13.0. The molecule has 0 aromatic heterocycles. The molecule has 0 aromatic carbocycles. The number of nitrogens with one attached hydrogen (secondary N) is 1. The topological polar surface area (TPSA) is 212 Å². The first kappa shape index (κ1) is 48.8. The van der Waals surface area contributed by atoms with Gasteiger partial charge in [-0.05, 0) is 19.3 Å². The third kappa shape index (κ3) is 22.9. The minimum atomic E-state index is -5.10. The summed E-state index contributed by atoms with van der Waals surface area (Å²) >= 11 is 0. The Labute approximate surface area is 313 Å². The molecule has 0 aromatic rings. The molecule has 1 saturated heterocycles. The Hall–Kier alpha value is -1.20. The zero-order valence-electron chi connectivity index (χ0n) is 32.0. The zero-order valence-corrected chi connectivity index (χ0v) is 32.8. The van der Waals surface area contributed by atoms with Gasteiger partial charge in [0.1, 0.15) is 30.5 Å². The van der Waals surface area contributed by atoms with Gasteiger partial charge in [0.05, 0.1) is 25.4 Å². The molecule has 0 radical (unpaired) electrons. The minimum Gasteiger partial charge on any atom is -0.394 e. The minimum absolute atomic E-state index is 0.247. The van der Waals surface area contributed by atoms with Crippen LogP contribution in [0.5, 0.6) is 0 Å². The summed E-state index contributed by atoms with van der Waals surface area (Å²) in [6.07, 6.45) is 17.9. The van der Waals surface area contributed by atoms with Crippen LogP contribution in [-0.4, -0.2) is 107 Å². The van der Waals surface area contributed by atoms with Crippen LogP contribution in [0.2, 0.25) is 0 Å². The Morgan fingerprint density at radius 1 is 0.769 bits per heavy atom. The molecule has 0 aliphatic carbocycles. The number of allylic oxidation sites excluding steroid dienone is 1. The molecule has 308 valence electrons. The lowest BCUT2D eigenvalue weighted by Gasteiger charge is -2.41. The second-order valence-corrected chi connectivity index (χ2v) is 15.4. The normalized spacial score (nSPS) is 22.8. The number of unbranched alkanes of at least 4 members (excludes halogenated alkanes) is 20. The molecule has 1 aliphatic rings. The number of amides is 1. The van der Waals surface area contributed by atoms with Crippen LogP contribution in [0.15, 0.2) is 12.2 Å². The highest BCUT2D eigenvalue weighted by atomic mass is 32.3. The van der Waals surface area contributed by atoms with Crippen LogP contribution in [-0.2, 0) is 28.9 Å². The van der Waals surface area contributed by atoms with Gasteiger partial charge in [-0.1, -0.05) is 154 Å². The maximum atomic E-state index is 13.0. The predicted molar refractivity (Wildman–Crippen MR) is 201 cm³/mol. The van der Waals surface area contributed by atoms with Gasteiger partial charge >= 0.3 is 10.4 Å². The first-order chi connectivity index (χ1) is 24.9. The molecule has 14 heteroatoms. The summed E-state index contributed by atoms with van der Waals surface area (Å²) in [5, 5.41) is 54.6. The second-order valence-electron chi connectivity index (χ2n) is 14.4. The highest BCUT2D eigenvalue weighted by molar-refractivity contribution is 7.80. The summed E-state index contributed by atoms with van der Waals surface area (Å²) in [7, 11) is -5.10. The fourth-order valence-corrected chi connectivity index (χ4v) is 6.91. The number of carbonyl (C=O) groups excluding carboxylic acids is 1. The molecule has 1 fully saturated rings. The van der Waals surface area contributed by atoms with Crippen LogP contribution in [0.25, 0.3) is 0 Å². The Bertz CT molecular complexity index is 1020. The molecule has 8 unspecified atom stereocenters. The van der Waals surface area contributed by atoms with E-state index in [1.165, 1.54) is 89.5 Å². The lowest BCUT2D eigenvalue weighted by Crippen LogP contribution is -2.61. The van der Waals surface area contributed by atoms with Gasteiger partial charge in [0.2, 0.25) is 5.91 Å². The Balaban J connectivity index is 2.52. The molecule has 13 nitrogen and oxygen atoms in total. The van der Waals surface area contributed by atoms with Crippen LogP contribution in [0, 0.1) is 0 Å². The number of aliphatic hydroxyl groups excluding tert-OH is 5. The van der Waals surface area contributed by atoms with E-state index in [1.807, 2.05) is 0 Å². The SMILES string of the molecule is CCCCCC/C=C/C(O)C(COC1OC(CO)C(O)C(OS(=O)(=O)O)C1O)NC(=O)C(O)CCCCCCCCCCCCCCCCCCC. The average Bonchev–Trinajstić information content (AvgIpc) is 3.11. The Kier molecular flexibility index (Phi) is 28.2. The lowest BCUT2D eigenvalue weighted by molar-refractivity contribution is -0.298. The van der Waals surface area contributed by atoms with Crippen LogP contribution in [0.1, 0.15) is 162 Å². The highest BCUT2D eigenvalue weighted by Gasteiger charge is 2.48. The van der Waals surface area contributed by atoms with Crippen LogP contribution in [0.4, 0.5) is 0 Å². The third-order valence-electron chi connectivity index (χ3n) is 9.68. The molecule has 0 saturated carbocycles. The van der Waals surface area contributed by atoms with Crippen molar-refractivity contribution in [2.45, 2.75) is 210 Å². The van der Waals surface area contributed by atoms with E-state index in [0.29, 0.717) is 12.8 Å². The molecular weight excluding hydrogens is 694 g/mol. The fourth-order valence-electron chi connectivity index (χ4n) is 6.40. The van der Waals surface area contributed by atoms with Gasteiger partial charge in [-0.3, -0.25) is 9.35 Å². The predicted octanol–water partition coefficient (Wildman–Crippen LogP) is 5.40. The van der Waals surface area contributed by atoms with E-state index >= 15 is 0 Å². The van der Waals surface area contributed by atoms with Gasteiger partial charge in [0, 0.05) is 0 Å². The molecular formula is C38H73NO12S. The van der Waals surface area contributed by atoms with E-state index in [0.717, 1.165) is 44.9 Å². The van der Waals surface area contributed by atoms with Crippen LogP contribution >= 0.6 is 0 Å². The van der Waals surface area contributed by atoms with E-state index in [1.54, 1.807) is 6.08 Å². The van der Waals surface area contributed by atoms with E-state index in [2.05, 4.69) is 23.3 Å². The van der Waals surface area contributed by atoms with Gasteiger partial charge in [-0.25, -0.2) is 4.18 Å². The summed E-state index contributed by atoms with van der Waals surface area (Å²) in [5.41, 5.74) is 0. The molecule has 1 rings (SSSR count). The van der Waals surface area contributed by atoms with Crippen molar-refractivity contribution in [3.63, 3.8) is 0 Å². The smallest absolute Gasteiger partial charge is 0.394 e. The van der Waals surface area contributed by atoms with Crippen molar-refractivity contribution in [3.05, 3.63) is 12.2 Å². The van der Waals surface area contributed by atoms with Gasteiger partial charge < -0.3 is 40.3 Å². The fraction of sp³-hybridized carbons (Fsp3) is 0.921. The molecule has 0 spiro atoms. The molecule has 8 atom stereocenters. The molecule has 1 aliphatic heterocycles. The average molecular weight is 768 g/mol. The molecule has 1 amide bonds. The summed E-state index contributed by atoms with van der Waals surface area (Å²) in [6, 6.07) is -1.11. The first-order valence-corrected chi connectivity index (χ1v) is 21.5. The maximum Gasteiger partial charge on any atom is 0.397 e. The highest BCUT2D eigenvalue weighted by Crippen LogP contribution is 2.26. The van der Waals surface area contributed by atoms with Crippen molar-refractivity contribution < 1.29 is 57.0 Å². The standard InChI is InChI=1S/C38H73NO12S/c1-3-5-7-9-11-12-13-14-15-16-17-18-19-20-21-23-25-27-32(42)37(45)39-30(31(41)26-24-22-10-8-6-4-2)29-49-38-35(44)36(51-52(46,47)48)34(43)33(28-40)50-38/h24,26,30-36,38,40-44H,3-23,25,27-29H2,1-2H3,(H,39,45)(H,46,47,48)/b26-24+.